The fraction of sp³-hybridized carbons (Fsp3) is 0.273. The molecule has 1 aromatic carbocycles. The number of rotatable bonds is 2. The molecule has 0 N–H and O–H groups in total. The molecule has 0 radical (unpaired) electrons. The lowest BCUT2D eigenvalue weighted by molar-refractivity contribution is 0.360. The van der Waals surface area contributed by atoms with Gasteiger partial charge in [0.05, 0.1) is 11.2 Å². The van der Waals surface area contributed by atoms with E-state index in [1.165, 1.54) is 11.1 Å². The highest BCUT2D eigenvalue weighted by atomic mass is 15.2. The molecule has 1 aromatic heterocycles. The van der Waals surface area contributed by atoms with Crippen LogP contribution in [0, 0.1) is 0 Å². The molecule has 27 heavy (non-hydrogen) atoms. The van der Waals surface area contributed by atoms with Crippen molar-refractivity contribution in [2.24, 2.45) is 12.0 Å². The van der Waals surface area contributed by atoms with Gasteiger partial charge in [0.1, 0.15) is 5.84 Å². The third-order valence-electron chi connectivity index (χ3n) is 5.42. The summed E-state index contributed by atoms with van der Waals surface area (Å²) in [4.78, 5) is 9.48. The lowest BCUT2D eigenvalue weighted by atomic mass is 9.98. The number of benzene rings is 1. The van der Waals surface area contributed by atoms with E-state index in [2.05, 4.69) is 70.6 Å². The Morgan fingerprint density at radius 1 is 1.04 bits per heavy atom. The van der Waals surface area contributed by atoms with Crippen molar-refractivity contribution in [2.45, 2.75) is 6.42 Å². The standard InChI is InChI=1S/C22H23N5/c1-25-10-7-16(8-11-25)18-4-6-22-23-20(9-12-27(22)15-18)17-3-5-21-19(13-17)14-26(2)24-21/h3-7,9,13-15H,8,10-12H2,1-2H3. The first-order chi connectivity index (χ1) is 13.2. The molecule has 0 bridgehead atoms. The van der Waals surface area contributed by atoms with E-state index in [4.69, 9.17) is 4.99 Å². The van der Waals surface area contributed by atoms with Crippen molar-refractivity contribution in [3.05, 3.63) is 71.6 Å². The second-order valence-electron chi connectivity index (χ2n) is 7.45. The zero-order valence-corrected chi connectivity index (χ0v) is 15.8. The molecule has 0 atom stereocenters. The monoisotopic (exact) mass is 357 g/mol. The molecule has 0 amide bonds. The van der Waals surface area contributed by atoms with Gasteiger partial charge >= 0.3 is 0 Å². The third kappa shape index (κ3) is 3.04. The maximum absolute atomic E-state index is 4.90. The first kappa shape index (κ1) is 16.3. The van der Waals surface area contributed by atoms with E-state index in [1.807, 2.05) is 17.9 Å². The van der Waals surface area contributed by atoms with Crippen molar-refractivity contribution in [1.29, 1.82) is 0 Å². The van der Waals surface area contributed by atoms with E-state index in [0.29, 0.717) is 0 Å². The van der Waals surface area contributed by atoms with Crippen LogP contribution in [-0.4, -0.2) is 52.1 Å². The molecule has 5 heteroatoms. The van der Waals surface area contributed by atoms with Gasteiger partial charge in [-0.15, -0.1) is 0 Å². The van der Waals surface area contributed by atoms with Crippen LogP contribution in [0.2, 0.25) is 0 Å². The summed E-state index contributed by atoms with van der Waals surface area (Å²) in [6.07, 6.45) is 14.3. The molecule has 0 unspecified atom stereocenters. The largest absolute Gasteiger partial charge is 0.328 e. The normalized spacial score (nSPS) is 20.1. The average Bonchev–Trinajstić information content (AvgIpc) is 3.07. The smallest absolute Gasteiger partial charge is 0.133 e. The molecule has 5 rings (SSSR count). The summed E-state index contributed by atoms with van der Waals surface area (Å²) in [6, 6.07) is 6.35. The zero-order valence-electron chi connectivity index (χ0n) is 15.8. The maximum Gasteiger partial charge on any atom is 0.133 e. The molecule has 0 aliphatic carbocycles. The fourth-order valence-corrected chi connectivity index (χ4v) is 3.85. The van der Waals surface area contributed by atoms with Gasteiger partial charge in [0.25, 0.3) is 0 Å². The zero-order chi connectivity index (χ0) is 18.4. The molecule has 0 saturated heterocycles. The Morgan fingerprint density at radius 3 is 2.81 bits per heavy atom. The average molecular weight is 357 g/mol. The van der Waals surface area contributed by atoms with Crippen LogP contribution < -0.4 is 0 Å². The van der Waals surface area contributed by atoms with E-state index in [9.17, 15) is 0 Å². The predicted octanol–water partition coefficient (Wildman–Crippen LogP) is 3.34. The van der Waals surface area contributed by atoms with E-state index in [1.54, 1.807) is 0 Å². The Kier molecular flexibility index (Phi) is 3.83. The highest BCUT2D eigenvalue weighted by Crippen LogP contribution is 2.28. The number of aromatic nitrogens is 2. The van der Waals surface area contributed by atoms with Crippen molar-refractivity contribution in [3.8, 4) is 0 Å². The van der Waals surface area contributed by atoms with Gasteiger partial charge < -0.3 is 9.80 Å². The third-order valence-corrected chi connectivity index (χ3v) is 5.42. The van der Waals surface area contributed by atoms with E-state index in [0.717, 1.165) is 54.1 Å². The lowest BCUT2D eigenvalue weighted by Gasteiger charge is -2.29. The Labute approximate surface area is 159 Å². The van der Waals surface area contributed by atoms with Crippen LogP contribution in [0.15, 0.2) is 71.0 Å². The number of amidine groups is 1. The van der Waals surface area contributed by atoms with Crippen molar-refractivity contribution in [2.75, 3.05) is 26.7 Å². The lowest BCUT2D eigenvalue weighted by Crippen LogP contribution is -2.30. The first-order valence-electron chi connectivity index (χ1n) is 9.43. The summed E-state index contributed by atoms with van der Waals surface area (Å²) in [6.45, 7) is 3.00. The number of likely N-dealkylation sites (N-methyl/N-ethyl adjacent to an activating group) is 1. The molecule has 2 aromatic rings. The minimum absolute atomic E-state index is 0.847. The van der Waals surface area contributed by atoms with Crippen LogP contribution in [0.25, 0.3) is 16.6 Å². The van der Waals surface area contributed by atoms with Gasteiger partial charge in [0.15, 0.2) is 0 Å². The Bertz CT molecular complexity index is 1060. The van der Waals surface area contributed by atoms with Crippen LogP contribution in [0.5, 0.6) is 0 Å². The fourth-order valence-electron chi connectivity index (χ4n) is 3.85. The van der Waals surface area contributed by atoms with Gasteiger partial charge in [-0.1, -0.05) is 12.1 Å². The molecular formula is C22H23N5. The van der Waals surface area contributed by atoms with Crippen molar-refractivity contribution >= 4 is 22.4 Å². The Hall–Kier alpha value is -2.92. The summed E-state index contributed by atoms with van der Waals surface area (Å²) >= 11 is 0. The molecule has 4 heterocycles. The van der Waals surface area contributed by atoms with Gasteiger partial charge in [-0.3, -0.25) is 4.68 Å². The summed E-state index contributed by atoms with van der Waals surface area (Å²) in [7, 11) is 4.12. The molecule has 0 fully saturated rings. The van der Waals surface area contributed by atoms with Crippen LogP contribution in [0.3, 0.4) is 0 Å². The van der Waals surface area contributed by atoms with E-state index in [-0.39, 0.29) is 0 Å². The topological polar surface area (TPSA) is 36.7 Å². The van der Waals surface area contributed by atoms with Gasteiger partial charge in [-0.2, -0.15) is 5.10 Å². The molecule has 136 valence electrons. The van der Waals surface area contributed by atoms with Crippen molar-refractivity contribution < 1.29 is 0 Å². The highest BCUT2D eigenvalue weighted by Gasteiger charge is 2.19. The van der Waals surface area contributed by atoms with Gasteiger partial charge in [-0.05, 0) is 55.0 Å². The number of aliphatic imine (C=N–C) groups is 1. The molecule has 5 nitrogen and oxygen atoms in total. The minimum Gasteiger partial charge on any atom is -0.328 e. The second-order valence-corrected chi connectivity index (χ2v) is 7.45. The van der Waals surface area contributed by atoms with E-state index >= 15 is 0 Å². The number of nitrogens with zero attached hydrogens (tertiary/aromatic N) is 5. The molecule has 3 aliphatic rings. The van der Waals surface area contributed by atoms with Crippen molar-refractivity contribution in [1.82, 2.24) is 19.6 Å². The van der Waals surface area contributed by atoms with Crippen molar-refractivity contribution in [3.63, 3.8) is 0 Å². The van der Waals surface area contributed by atoms with E-state index < -0.39 is 0 Å². The molecule has 0 spiro atoms. The van der Waals surface area contributed by atoms with Crippen LogP contribution in [0.4, 0.5) is 0 Å². The minimum atomic E-state index is 0.847. The SMILES string of the molecule is CN1CC=C(C2=CN3CC=C(c4ccc5nn(C)cc5c4)N=C3C=C2)CC1. The predicted molar refractivity (Wildman–Crippen MR) is 110 cm³/mol. The van der Waals surface area contributed by atoms with Crippen LogP contribution >= 0.6 is 0 Å². The maximum atomic E-state index is 4.90. The number of aryl methyl sites for hydroxylation is 1. The molecule has 3 aliphatic heterocycles. The molecule has 0 saturated carbocycles. The second kappa shape index (κ2) is 6.35. The van der Waals surface area contributed by atoms with Crippen LogP contribution in [-0.2, 0) is 7.05 Å². The van der Waals surface area contributed by atoms with Crippen LogP contribution in [0.1, 0.15) is 12.0 Å². The first-order valence-corrected chi connectivity index (χ1v) is 9.43. The number of allylic oxidation sites excluding steroid dienone is 2. The number of hydrogen-bond acceptors (Lipinski definition) is 4. The Balaban J connectivity index is 1.40. The highest BCUT2D eigenvalue weighted by molar-refractivity contribution is 6.00. The summed E-state index contributed by atoms with van der Waals surface area (Å²) in [5.41, 5.74) is 5.95. The van der Waals surface area contributed by atoms with Gasteiger partial charge in [0, 0.05) is 50.0 Å². The quantitative estimate of drug-likeness (QED) is 0.827. The molecular weight excluding hydrogens is 334 g/mol. The summed E-state index contributed by atoms with van der Waals surface area (Å²) < 4.78 is 1.85. The number of fused-ring (bicyclic) bond motifs is 2. The Morgan fingerprint density at radius 2 is 1.96 bits per heavy atom. The van der Waals surface area contributed by atoms with Gasteiger partial charge in [0.2, 0.25) is 0 Å². The van der Waals surface area contributed by atoms with Gasteiger partial charge in [-0.25, -0.2) is 4.99 Å². The summed E-state index contributed by atoms with van der Waals surface area (Å²) in [5.74, 6) is 1.01. The number of hydrogen-bond donors (Lipinski definition) is 0. The summed E-state index contributed by atoms with van der Waals surface area (Å²) in [5, 5.41) is 5.60.